The molecule has 1 amide bonds. The molecule has 1 unspecified atom stereocenters. The second-order valence-electron chi connectivity index (χ2n) is 8.87. The van der Waals surface area contributed by atoms with Gasteiger partial charge in [0.25, 0.3) is 5.91 Å². The first-order valence-corrected chi connectivity index (χ1v) is 10.7. The largest absolute Gasteiger partial charge is 0.493 e. The van der Waals surface area contributed by atoms with E-state index in [0.717, 1.165) is 19.2 Å². The molecule has 5 atom stereocenters. The number of hydrogen-bond acceptors (Lipinski definition) is 5. The zero-order valence-corrected chi connectivity index (χ0v) is 18.6. The van der Waals surface area contributed by atoms with E-state index in [1.807, 2.05) is 0 Å². The van der Waals surface area contributed by atoms with Crippen LogP contribution in [0, 0.1) is 17.0 Å². The second-order valence-corrected chi connectivity index (χ2v) is 8.87. The number of methoxy groups -OCH3 is 1. The minimum atomic E-state index is -4.85. The topological polar surface area (TPSA) is 80.7 Å². The zero-order valence-electron chi connectivity index (χ0n) is 18.6. The lowest BCUT2D eigenvalue weighted by Gasteiger charge is -2.54. The fourth-order valence-corrected chi connectivity index (χ4v) is 5.21. The smallest absolute Gasteiger partial charge is 0.418 e. The molecule has 2 heterocycles. The van der Waals surface area contributed by atoms with Crippen molar-refractivity contribution in [2.75, 3.05) is 19.1 Å². The number of aliphatic hydroxyl groups excluding tert-OH is 1. The Morgan fingerprint density at radius 2 is 2.03 bits per heavy atom. The van der Waals surface area contributed by atoms with Gasteiger partial charge in [-0.25, -0.2) is 8.78 Å². The average Bonchev–Trinajstić information content (AvgIpc) is 2.99. The maximum absolute atomic E-state index is 14.5. The maximum atomic E-state index is 14.5. The van der Waals surface area contributed by atoms with Crippen molar-refractivity contribution in [3.63, 3.8) is 0 Å². The lowest BCUT2D eigenvalue weighted by Crippen LogP contribution is -2.63. The molecule has 2 N–H and O–H groups in total. The van der Waals surface area contributed by atoms with Gasteiger partial charge in [-0.3, -0.25) is 9.78 Å². The standard InChI is InChI=1S/C23H22F6N2O4/c1-21-6-7-22(21,23(27,28)29)35-19(16(21)12-3-4-13(25)17(26)18(12)34-2)20(33)31-11-5-8-30-14(9-11)15(32)10-24/h3-5,8-9,15-16,19,32H,6-7,10H2,1-2H3,(H,30,31,33)/t15?,16-,19+,21+,22+/m0/s1. The van der Waals surface area contributed by atoms with E-state index in [1.54, 1.807) is 0 Å². The lowest BCUT2D eigenvalue weighted by molar-refractivity contribution is -0.328. The van der Waals surface area contributed by atoms with E-state index in [-0.39, 0.29) is 23.4 Å². The average molecular weight is 504 g/mol. The fourth-order valence-electron chi connectivity index (χ4n) is 5.21. The number of rotatable bonds is 6. The van der Waals surface area contributed by atoms with E-state index < -0.39 is 71.7 Å². The molecular weight excluding hydrogens is 482 g/mol. The highest BCUT2D eigenvalue weighted by Gasteiger charge is 2.80. The first-order chi connectivity index (χ1) is 16.4. The van der Waals surface area contributed by atoms with Crippen molar-refractivity contribution in [1.29, 1.82) is 0 Å². The van der Waals surface area contributed by atoms with Gasteiger partial charge in [-0.15, -0.1) is 0 Å². The fraction of sp³-hybridized carbons (Fsp3) is 0.478. The van der Waals surface area contributed by atoms with Crippen LogP contribution in [0.1, 0.15) is 43.0 Å². The summed E-state index contributed by atoms with van der Waals surface area (Å²) in [6, 6.07) is 4.30. The van der Waals surface area contributed by atoms with Crippen LogP contribution in [0.4, 0.5) is 32.0 Å². The molecule has 1 aromatic carbocycles. The minimum absolute atomic E-state index is 0.00516. The van der Waals surface area contributed by atoms with Crippen molar-refractivity contribution in [2.24, 2.45) is 5.41 Å². The number of pyridine rings is 1. The highest BCUT2D eigenvalue weighted by atomic mass is 19.4. The molecule has 12 heteroatoms. The van der Waals surface area contributed by atoms with E-state index in [9.17, 15) is 36.2 Å². The molecule has 6 nitrogen and oxygen atoms in total. The number of hydrogen-bond donors (Lipinski definition) is 2. The quantitative estimate of drug-likeness (QED) is 0.563. The molecule has 1 aliphatic heterocycles. The molecule has 2 aromatic rings. The van der Waals surface area contributed by atoms with Crippen LogP contribution in [0.3, 0.4) is 0 Å². The molecule has 0 spiro atoms. The summed E-state index contributed by atoms with van der Waals surface area (Å²) in [6.45, 7) is 0.158. The van der Waals surface area contributed by atoms with Crippen LogP contribution >= 0.6 is 0 Å². The predicted molar refractivity (Wildman–Crippen MR) is 110 cm³/mol. The predicted octanol–water partition coefficient (Wildman–Crippen LogP) is 4.59. The van der Waals surface area contributed by atoms with Crippen LogP contribution < -0.4 is 10.1 Å². The van der Waals surface area contributed by atoms with Crippen LogP contribution in [0.15, 0.2) is 30.5 Å². The van der Waals surface area contributed by atoms with Crippen LogP contribution in [-0.4, -0.2) is 47.7 Å². The van der Waals surface area contributed by atoms with E-state index in [1.165, 1.54) is 25.3 Å². The van der Waals surface area contributed by atoms with E-state index in [0.29, 0.717) is 0 Å². The first-order valence-electron chi connectivity index (χ1n) is 10.7. The third-order valence-corrected chi connectivity index (χ3v) is 7.11. The molecule has 1 saturated carbocycles. The van der Waals surface area contributed by atoms with E-state index in [4.69, 9.17) is 9.47 Å². The summed E-state index contributed by atoms with van der Waals surface area (Å²) < 4.78 is 94.4. The molecule has 1 aliphatic carbocycles. The van der Waals surface area contributed by atoms with Crippen molar-refractivity contribution in [2.45, 2.75) is 49.7 Å². The van der Waals surface area contributed by atoms with E-state index in [2.05, 4.69) is 10.3 Å². The number of aliphatic hydroxyl groups is 1. The van der Waals surface area contributed by atoms with Gasteiger partial charge < -0.3 is 19.9 Å². The van der Waals surface area contributed by atoms with E-state index >= 15 is 0 Å². The highest BCUT2D eigenvalue weighted by molar-refractivity contribution is 5.95. The molecule has 1 saturated heterocycles. The third kappa shape index (κ3) is 3.74. The summed E-state index contributed by atoms with van der Waals surface area (Å²) in [4.78, 5) is 17.1. The molecule has 2 fully saturated rings. The molecule has 1 aromatic heterocycles. The number of carbonyl (C=O) groups excluding carboxylic acids is 1. The van der Waals surface area contributed by atoms with Crippen LogP contribution in [-0.2, 0) is 9.53 Å². The number of halogens is 6. The number of fused-ring (bicyclic) bond motifs is 1. The Morgan fingerprint density at radius 3 is 2.60 bits per heavy atom. The lowest BCUT2D eigenvalue weighted by atomic mass is 9.51. The van der Waals surface area contributed by atoms with Crippen LogP contribution in [0.5, 0.6) is 5.75 Å². The third-order valence-electron chi connectivity index (χ3n) is 7.11. The Balaban J connectivity index is 1.78. The van der Waals surface area contributed by atoms with Crippen molar-refractivity contribution in [1.82, 2.24) is 4.98 Å². The van der Waals surface area contributed by atoms with Gasteiger partial charge in [0.2, 0.25) is 5.82 Å². The SMILES string of the molecule is COc1c([C@H]2[C@H](C(=O)Nc3ccnc(C(O)CF)c3)O[C@]3(C(F)(F)F)CC[C@]23C)ccc(F)c1F. The van der Waals surface area contributed by atoms with Crippen LogP contribution in [0.2, 0.25) is 0 Å². The molecule has 35 heavy (non-hydrogen) atoms. The normalized spacial score (nSPS) is 28.7. The number of nitrogens with one attached hydrogen (secondary N) is 1. The molecule has 2 aliphatic rings. The molecule has 190 valence electrons. The first kappa shape index (κ1) is 25.2. The van der Waals surface area contributed by atoms with Gasteiger partial charge in [0.05, 0.1) is 12.8 Å². The number of alkyl halides is 4. The van der Waals surface area contributed by atoms with Gasteiger partial charge in [-0.05, 0) is 31.0 Å². The summed E-state index contributed by atoms with van der Waals surface area (Å²) in [6.07, 6.45) is -7.40. The van der Waals surface area contributed by atoms with Crippen LogP contribution in [0.25, 0.3) is 0 Å². The molecular formula is C23H22F6N2O4. The number of ether oxygens (including phenoxy) is 2. The Bertz CT molecular complexity index is 1150. The molecule has 4 rings (SSSR count). The number of carbonyl (C=O) groups is 1. The van der Waals surface area contributed by atoms with Gasteiger partial charge in [0.1, 0.15) is 18.9 Å². The summed E-state index contributed by atoms with van der Waals surface area (Å²) >= 11 is 0. The Hall–Kier alpha value is -2.86. The summed E-state index contributed by atoms with van der Waals surface area (Å²) in [5.74, 6) is -5.61. The molecule has 0 radical (unpaired) electrons. The van der Waals surface area contributed by atoms with Crippen molar-refractivity contribution >= 4 is 11.6 Å². The number of amides is 1. The summed E-state index contributed by atoms with van der Waals surface area (Å²) in [5, 5.41) is 12.1. The Morgan fingerprint density at radius 1 is 1.31 bits per heavy atom. The number of nitrogens with zero attached hydrogens (tertiary/aromatic N) is 1. The maximum Gasteiger partial charge on any atom is 0.418 e. The van der Waals surface area contributed by atoms with Crippen molar-refractivity contribution in [3.05, 3.63) is 53.4 Å². The van der Waals surface area contributed by atoms with Gasteiger partial charge in [-0.2, -0.15) is 17.6 Å². The second kappa shape index (κ2) is 8.66. The Kier molecular flexibility index (Phi) is 6.25. The van der Waals surface area contributed by atoms with Gasteiger partial charge in [0.15, 0.2) is 17.2 Å². The summed E-state index contributed by atoms with van der Waals surface area (Å²) in [7, 11) is 1.04. The number of anilines is 1. The zero-order chi connectivity index (χ0) is 25.8. The van der Waals surface area contributed by atoms with Crippen molar-refractivity contribution in [3.8, 4) is 5.75 Å². The van der Waals surface area contributed by atoms with Gasteiger partial charge in [-0.1, -0.05) is 13.0 Å². The van der Waals surface area contributed by atoms with Gasteiger partial charge >= 0.3 is 6.18 Å². The molecule has 0 bridgehead atoms. The Labute approximate surface area is 196 Å². The highest BCUT2D eigenvalue weighted by Crippen LogP contribution is 2.71. The number of benzene rings is 1. The monoisotopic (exact) mass is 504 g/mol. The summed E-state index contributed by atoms with van der Waals surface area (Å²) in [5.41, 5.74) is -4.58. The minimum Gasteiger partial charge on any atom is -0.493 e. The number of aromatic nitrogens is 1. The van der Waals surface area contributed by atoms with Crippen molar-refractivity contribution < 1.29 is 45.7 Å². The van der Waals surface area contributed by atoms with Gasteiger partial charge in [0, 0.05) is 28.8 Å².